The molecule has 746 valence electrons. The molecule has 0 amide bonds. The molecule has 0 fully saturated rings. The number of hydrogen-bond donors (Lipinski definition) is 2. The van der Waals surface area contributed by atoms with Crippen LogP contribution in [0.15, 0.2) is 201 Å². The molecule has 0 saturated carbocycles. The van der Waals surface area contributed by atoms with Crippen LogP contribution in [0.1, 0.15) is 327 Å². The largest absolute Gasteiger partial charge is 0.426 e. The van der Waals surface area contributed by atoms with Gasteiger partial charge in [-0.15, -0.1) is 10.2 Å². The number of aromatic nitrogens is 18. The molecule has 0 aliphatic rings. The normalized spacial score (nSPS) is 11.6. The summed E-state index contributed by atoms with van der Waals surface area (Å²) in [6.07, 6.45) is 31.5. The van der Waals surface area contributed by atoms with Crippen molar-refractivity contribution < 1.29 is 4.42 Å². The maximum Gasteiger partial charge on any atom is 0.222 e. The summed E-state index contributed by atoms with van der Waals surface area (Å²) in [6.45, 7) is 87.7. The Morgan fingerprint density at radius 1 is 0.419 bits per heavy atom. The summed E-state index contributed by atoms with van der Waals surface area (Å²) in [4.78, 5) is 50.4. The van der Waals surface area contributed by atoms with Gasteiger partial charge in [0.15, 0.2) is 0 Å². The Hall–Kier alpha value is -11.6. The minimum Gasteiger partial charge on any atom is -0.426 e. The van der Waals surface area contributed by atoms with E-state index < -0.39 is 0 Å². The summed E-state index contributed by atoms with van der Waals surface area (Å²) >= 11 is 0. The van der Waals surface area contributed by atoms with Gasteiger partial charge in [0.25, 0.3) is 0 Å². The molecule has 23 nitrogen and oxygen atoms in total. The lowest BCUT2D eigenvalue weighted by molar-refractivity contribution is 0.396. The summed E-state index contributed by atoms with van der Waals surface area (Å²) in [5.74, 6) is 5.79. The third-order valence-corrected chi connectivity index (χ3v) is 21.3. The van der Waals surface area contributed by atoms with E-state index in [4.69, 9.17) is 4.42 Å². The van der Waals surface area contributed by atoms with Crippen molar-refractivity contribution in [2.24, 2.45) is 14.1 Å². The van der Waals surface area contributed by atoms with Crippen LogP contribution in [0.25, 0.3) is 16.6 Å². The molecular weight excluding hydrogens is 1680 g/mol. The number of para-hydroxylation sites is 2. The topological polar surface area (TPSA) is 244 Å². The van der Waals surface area contributed by atoms with Gasteiger partial charge in [-0.05, 0) is 217 Å². The SMILES string of the molecule is C=C(C)c1cn(C(C)(C)C)cn1.CC(C)(C)c1cccnc1.CC(C)(C)n1cnc2ccccc21.CCc1nnc(C)o1.CN(C)c1ccc(C(C)(C)C)cn1.CN(C)c1ccc(C(C)(C)C)cn1.CNc1ccc(C(C)(C)C)cn1.CNc1ncc(C(C)(C)C)cn1.Cc1c(C(C)(C)C)cnn1C.Cc1cncc(C(C)(C)C)c1.Cc1ncc(C(C)(C)C)cn1.Cn1cccc1C(C)(C)C. The van der Waals surface area contributed by atoms with Gasteiger partial charge in [-0.3, -0.25) is 14.6 Å². The molecule has 13 rings (SSSR count). The predicted molar refractivity (Wildman–Crippen MR) is 579 cm³/mol. The number of imidazole rings is 2. The number of anilines is 4. The highest BCUT2D eigenvalue weighted by atomic mass is 16.4. The molecule has 0 aliphatic heterocycles. The number of pyridine rings is 5. The van der Waals surface area contributed by atoms with Crippen LogP contribution in [0.5, 0.6) is 0 Å². The predicted octanol–water partition coefficient (Wildman–Crippen LogP) is 27.0. The van der Waals surface area contributed by atoms with Gasteiger partial charge in [-0.1, -0.05) is 243 Å². The molecule has 12 aromatic heterocycles. The fourth-order valence-electron chi connectivity index (χ4n) is 11.9. The molecule has 1 aromatic carbocycles. The van der Waals surface area contributed by atoms with E-state index in [1.807, 2.05) is 202 Å². The number of allylic oxidation sites excluding steroid dienone is 1. The summed E-state index contributed by atoms with van der Waals surface area (Å²) in [5, 5.41) is 17.5. The molecule has 0 spiro atoms. The van der Waals surface area contributed by atoms with Crippen molar-refractivity contribution in [3.05, 3.63) is 282 Å². The lowest BCUT2D eigenvalue weighted by atomic mass is 9.88. The second kappa shape index (κ2) is 52.6. The van der Waals surface area contributed by atoms with Gasteiger partial charge in [0.05, 0.1) is 35.6 Å². The van der Waals surface area contributed by atoms with E-state index in [0.717, 1.165) is 52.0 Å². The fourth-order valence-corrected chi connectivity index (χ4v) is 11.9. The summed E-state index contributed by atoms with van der Waals surface area (Å²) < 4.78 is 13.4. The second-order valence-corrected chi connectivity index (χ2v) is 45.8. The Balaban J connectivity index is 0.000000503. The van der Waals surface area contributed by atoms with Crippen molar-refractivity contribution >= 4 is 40.0 Å². The molecule has 0 aliphatic carbocycles. The van der Waals surface area contributed by atoms with Gasteiger partial charge in [0.1, 0.15) is 23.3 Å². The van der Waals surface area contributed by atoms with Crippen LogP contribution in [0.4, 0.5) is 23.4 Å². The van der Waals surface area contributed by atoms with E-state index in [9.17, 15) is 0 Å². The number of fused-ring (bicyclic) bond motifs is 1. The Kier molecular flexibility index (Phi) is 46.6. The van der Waals surface area contributed by atoms with Crippen LogP contribution in [-0.4, -0.2) is 131 Å². The van der Waals surface area contributed by atoms with E-state index in [1.54, 1.807) is 13.1 Å². The summed E-state index contributed by atoms with van der Waals surface area (Å²) in [6, 6.07) is 31.2. The number of aryl methyl sites for hydroxylation is 6. The first-order valence-corrected chi connectivity index (χ1v) is 47.3. The molecule has 2 N–H and O–H groups in total. The average Bonchev–Trinajstić information content (AvgIpc) is 1.65. The highest BCUT2D eigenvalue weighted by Crippen LogP contribution is 2.30. The van der Waals surface area contributed by atoms with Crippen LogP contribution in [0, 0.1) is 27.7 Å². The number of nitrogens with one attached hydrogen (secondary N) is 2. The Morgan fingerprint density at radius 3 is 1.16 bits per heavy atom. The molecule has 136 heavy (non-hydrogen) atoms. The van der Waals surface area contributed by atoms with Gasteiger partial charge in [0, 0.05) is 178 Å². The molecule has 0 radical (unpaired) electrons. The minimum absolute atomic E-state index is 0.107. The van der Waals surface area contributed by atoms with Crippen molar-refractivity contribution in [2.75, 3.05) is 62.7 Å². The van der Waals surface area contributed by atoms with E-state index in [-0.39, 0.29) is 59.8 Å². The Bertz CT molecular complexity index is 5400. The zero-order valence-corrected chi connectivity index (χ0v) is 93.2. The van der Waals surface area contributed by atoms with Crippen molar-refractivity contribution in [1.29, 1.82) is 0 Å². The monoisotopic (exact) mass is 1860 g/mol. The average molecular weight is 1860 g/mol. The van der Waals surface area contributed by atoms with Crippen LogP contribution in [-0.2, 0) is 80.3 Å². The maximum absolute atomic E-state index is 5.01. The zero-order chi connectivity index (χ0) is 104. The quantitative estimate of drug-likeness (QED) is 0.157. The van der Waals surface area contributed by atoms with Gasteiger partial charge in [-0.2, -0.15) is 5.10 Å². The molecule has 13 aromatic rings. The lowest BCUT2D eigenvalue weighted by Crippen LogP contribution is -2.20. The van der Waals surface area contributed by atoms with E-state index in [0.29, 0.717) is 17.7 Å². The second-order valence-electron chi connectivity index (χ2n) is 45.8. The third kappa shape index (κ3) is 44.5. The van der Waals surface area contributed by atoms with E-state index >= 15 is 0 Å². The first-order chi connectivity index (χ1) is 62.3. The number of hydrogen-bond acceptors (Lipinski definition) is 19. The first-order valence-electron chi connectivity index (χ1n) is 47.3. The van der Waals surface area contributed by atoms with Gasteiger partial charge >= 0.3 is 0 Å². The van der Waals surface area contributed by atoms with Crippen molar-refractivity contribution in [2.45, 2.75) is 336 Å². The van der Waals surface area contributed by atoms with Gasteiger partial charge in [0.2, 0.25) is 17.7 Å². The third-order valence-electron chi connectivity index (χ3n) is 21.3. The number of rotatable bonds is 6. The minimum atomic E-state index is 0.107. The molecule has 12 heterocycles. The molecule has 0 unspecified atom stereocenters. The summed E-state index contributed by atoms with van der Waals surface area (Å²) in [7, 11) is 15.7. The fraction of sp³-hybridized carbons (Fsp3) is 0.522. The van der Waals surface area contributed by atoms with Crippen LogP contribution in [0.2, 0.25) is 0 Å². The zero-order valence-electron chi connectivity index (χ0n) is 93.2. The highest BCUT2D eigenvalue weighted by Gasteiger charge is 2.23. The molecule has 0 saturated heterocycles. The van der Waals surface area contributed by atoms with Gasteiger partial charge in [-0.25, -0.2) is 44.9 Å². The Labute approximate surface area is 822 Å². The smallest absolute Gasteiger partial charge is 0.222 e. The number of nitrogens with zero attached hydrogens (tertiary/aromatic N) is 20. The van der Waals surface area contributed by atoms with E-state index in [1.165, 1.54) is 61.4 Å². The van der Waals surface area contributed by atoms with Crippen LogP contribution < -0.4 is 20.4 Å². The lowest BCUT2D eigenvalue weighted by Gasteiger charge is -2.21. The van der Waals surface area contributed by atoms with Crippen molar-refractivity contribution in [1.82, 2.24) is 88.5 Å². The highest BCUT2D eigenvalue weighted by molar-refractivity contribution is 5.75. The van der Waals surface area contributed by atoms with Crippen molar-refractivity contribution in [3.63, 3.8) is 0 Å². The van der Waals surface area contributed by atoms with Crippen molar-refractivity contribution in [3.8, 4) is 0 Å². The standard InChI is InChI=1S/C11H14N2.2C11H18N2.2C10H16N2.C10H15N.C9H15N3.C9H16N2.C9H14N2.C9H15N.C9H13N.C5H8N2O/c1-11(2,3)13-8-12-9-6-4-5-7-10(9)13;2*1-11(2,3)9-6-7-10(12-8-9)13(4)5;1-8(2)9-6-12(7-11-9)10(3,4)5;1-10(2,3)8-5-6-9(11-4)12-7-8;1-8-5-9(7-11-6-8)10(2,3)4;1-9(2,3)7-5-11-8(10-4)12-6-7;1-7-8(9(2,3)4)6-10-11(7)5;1-7-10-5-8(6-11-7)9(2,3)4;1-9(2,3)8-6-5-7-10(8)4;1-9(2,3)8-5-4-6-10-7-8;1-3-5-7-6-4(2)8-5/h4-8H,1-3H3;2*6-8H,1-5H3;6-7H,1H2,2-5H3;5-7H,1-4H3,(H,11,12);5-7H,1-4H3;5-6H,1-4H3,(H,10,11,12);6H,1-5H3;5-6H,1-4H3;5-7H,1-4H3;4-7H,1-3H3;3H2,1-2H3. The first kappa shape index (κ1) is 120. The summed E-state index contributed by atoms with van der Waals surface area (Å²) in [5.41, 5.74) is 20.3. The maximum atomic E-state index is 5.01. The van der Waals surface area contributed by atoms with Gasteiger partial charge < -0.3 is 38.6 Å². The molecule has 0 bridgehead atoms. The van der Waals surface area contributed by atoms with E-state index in [2.05, 4.69) is 417 Å². The number of benzene rings is 1. The molecule has 0 atom stereocenters. The van der Waals surface area contributed by atoms with Crippen LogP contribution in [0.3, 0.4) is 0 Å². The van der Waals surface area contributed by atoms with Crippen LogP contribution >= 0.6 is 0 Å². The Morgan fingerprint density at radius 2 is 0.875 bits per heavy atom. The molecule has 23 heteroatoms. The molecular formula is C113H178N22O.